The minimum atomic E-state index is -4.74. The van der Waals surface area contributed by atoms with Crippen molar-refractivity contribution in [2.24, 2.45) is 5.10 Å². The van der Waals surface area contributed by atoms with E-state index in [1.165, 1.54) is 6.21 Å². The van der Waals surface area contributed by atoms with E-state index in [9.17, 15) is 23.3 Å². The first-order chi connectivity index (χ1) is 20.6. The monoisotopic (exact) mass is 720 g/mol. The van der Waals surface area contributed by atoms with Crippen LogP contribution in [-0.2, 0) is 6.18 Å². The number of para-hydroxylation sites is 1. The van der Waals surface area contributed by atoms with Crippen LogP contribution in [0.15, 0.2) is 74.7 Å². The SMILES string of the molecule is O=[N+]([O-])c1cc(C(F)(F)F)ccc1Oc1c(Br)cc(/C=N/Nc2nc(Nc3ccccc3)nc(N3CCCC3)n2)cc1Br. The number of nitrogens with one attached hydrogen (secondary N) is 2. The number of hydrogen-bond acceptors (Lipinski definition) is 10. The van der Waals surface area contributed by atoms with Crippen LogP contribution in [0.25, 0.3) is 0 Å². The molecule has 0 aliphatic carbocycles. The summed E-state index contributed by atoms with van der Waals surface area (Å²) < 4.78 is 45.6. The lowest BCUT2D eigenvalue weighted by Gasteiger charge is -2.16. The zero-order chi connectivity index (χ0) is 30.6. The van der Waals surface area contributed by atoms with E-state index in [0.717, 1.165) is 37.7 Å². The summed E-state index contributed by atoms with van der Waals surface area (Å²) in [6.45, 7) is 1.67. The third-order valence-corrected chi connectivity index (χ3v) is 7.31. The average molecular weight is 722 g/mol. The summed E-state index contributed by atoms with van der Waals surface area (Å²) in [6.07, 6.45) is -1.16. The van der Waals surface area contributed by atoms with Crippen molar-refractivity contribution in [1.29, 1.82) is 0 Å². The molecule has 0 spiro atoms. The smallest absolute Gasteiger partial charge is 0.416 e. The number of hydrogen-bond donors (Lipinski definition) is 2. The Morgan fingerprint density at radius 1 is 0.977 bits per heavy atom. The molecule has 0 amide bonds. The van der Waals surface area contributed by atoms with Gasteiger partial charge in [0.15, 0.2) is 5.75 Å². The Kier molecular flexibility index (Phi) is 9.05. The number of alkyl halides is 3. The van der Waals surface area contributed by atoms with Crippen LogP contribution in [0, 0.1) is 10.1 Å². The number of halogens is 5. The Morgan fingerprint density at radius 2 is 1.65 bits per heavy atom. The highest BCUT2D eigenvalue weighted by Crippen LogP contribution is 2.42. The van der Waals surface area contributed by atoms with Crippen LogP contribution in [0.2, 0.25) is 0 Å². The number of benzene rings is 3. The number of hydrazone groups is 1. The van der Waals surface area contributed by atoms with Gasteiger partial charge >= 0.3 is 11.9 Å². The molecule has 3 aromatic carbocycles. The lowest BCUT2D eigenvalue weighted by Crippen LogP contribution is -2.21. The molecule has 1 aliphatic rings. The van der Waals surface area contributed by atoms with Crippen molar-refractivity contribution in [2.75, 3.05) is 28.7 Å². The van der Waals surface area contributed by atoms with E-state index in [2.05, 4.69) is 67.6 Å². The minimum absolute atomic E-state index is 0.123. The summed E-state index contributed by atoms with van der Waals surface area (Å²) in [6, 6.07) is 14.8. The molecule has 0 bridgehead atoms. The molecule has 43 heavy (non-hydrogen) atoms. The summed E-state index contributed by atoms with van der Waals surface area (Å²) >= 11 is 6.71. The normalized spacial score (nSPS) is 13.4. The van der Waals surface area contributed by atoms with Crippen molar-refractivity contribution in [2.45, 2.75) is 19.0 Å². The standard InChI is InChI=1S/C27H21Br2F3N8O3/c28-19-12-16(13-20(29)23(19)43-22-9-8-17(27(30,31)32)14-21(22)40(41)42)15-33-38-25-35-24(34-18-6-2-1-3-7-18)36-26(37-25)39-10-4-5-11-39/h1-3,6-9,12-15H,4-5,10-11H2,(H2,34,35,36,37,38)/b33-15+. The van der Waals surface area contributed by atoms with E-state index < -0.39 is 22.4 Å². The average Bonchev–Trinajstić information content (AvgIpc) is 3.50. The Balaban J connectivity index is 1.34. The minimum Gasteiger partial charge on any atom is -0.448 e. The molecule has 0 unspecified atom stereocenters. The molecule has 2 heterocycles. The number of anilines is 4. The number of rotatable bonds is 9. The van der Waals surface area contributed by atoms with Crippen LogP contribution in [0.3, 0.4) is 0 Å². The zero-order valence-electron chi connectivity index (χ0n) is 22.0. The first-order valence-electron chi connectivity index (χ1n) is 12.7. The van der Waals surface area contributed by atoms with Crippen LogP contribution in [0.5, 0.6) is 11.5 Å². The fraction of sp³-hybridized carbons (Fsp3) is 0.185. The molecule has 1 aliphatic heterocycles. The second-order valence-corrected chi connectivity index (χ2v) is 10.9. The summed E-state index contributed by atoms with van der Waals surface area (Å²) in [5.74, 6) is 0.862. The van der Waals surface area contributed by atoms with Crippen LogP contribution >= 0.6 is 31.9 Å². The second kappa shape index (κ2) is 12.9. The largest absolute Gasteiger partial charge is 0.448 e. The van der Waals surface area contributed by atoms with Gasteiger partial charge in [0.2, 0.25) is 23.6 Å². The Morgan fingerprint density at radius 3 is 2.30 bits per heavy atom. The summed E-state index contributed by atoms with van der Waals surface area (Å²) in [5, 5.41) is 18.9. The van der Waals surface area contributed by atoms with Crippen LogP contribution in [0.4, 0.5) is 42.4 Å². The number of nitro benzene ring substituents is 1. The molecule has 0 radical (unpaired) electrons. The first-order valence-corrected chi connectivity index (χ1v) is 14.3. The molecule has 1 fully saturated rings. The molecular weight excluding hydrogens is 701 g/mol. The number of nitro groups is 1. The van der Waals surface area contributed by atoms with Gasteiger partial charge in [-0.3, -0.25) is 10.1 Å². The van der Waals surface area contributed by atoms with Gasteiger partial charge in [0.1, 0.15) is 0 Å². The van der Waals surface area contributed by atoms with Crippen molar-refractivity contribution >= 4 is 67.3 Å². The number of ether oxygens (including phenoxy) is 1. The maximum absolute atomic E-state index is 13.1. The Labute approximate surface area is 259 Å². The van der Waals surface area contributed by atoms with Gasteiger partial charge in [-0.15, -0.1) is 0 Å². The first kappa shape index (κ1) is 30.2. The molecule has 11 nitrogen and oxygen atoms in total. The molecule has 0 atom stereocenters. The molecule has 4 aromatic rings. The van der Waals surface area contributed by atoms with Crippen molar-refractivity contribution in [3.63, 3.8) is 0 Å². The zero-order valence-corrected chi connectivity index (χ0v) is 25.1. The summed E-state index contributed by atoms with van der Waals surface area (Å²) in [7, 11) is 0. The highest BCUT2D eigenvalue weighted by Gasteiger charge is 2.33. The van der Waals surface area contributed by atoms with E-state index in [1.807, 2.05) is 30.3 Å². The van der Waals surface area contributed by atoms with Gasteiger partial charge in [0.25, 0.3) is 0 Å². The molecule has 5 rings (SSSR count). The van der Waals surface area contributed by atoms with E-state index in [4.69, 9.17) is 4.74 Å². The van der Waals surface area contributed by atoms with Crippen LogP contribution < -0.4 is 20.4 Å². The highest BCUT2D eigenvalue weighted by molar-refractivity contribution is 9.11. The molecule has 16 heteroatoms. The fourth-order valence-electron chi connectivity index (χ4n) is 4.13. The molecule has 1 aromatic heterocycles. The third-order valence-electron chi connectivity index (χ3n) is 6.14. The van der Waals surface area contributed by atoms with Crippen LogP contribution in [0.1, 0.15) is 24.0 Å². The third kappa shape index (κ3) is 7.56. The predicted octanol–water partition coefficient (Wildman–Crippen LogP) is 7.91. The van der Waals surface area contributed by atoms with E-state index >= 15 is 0 Å². The van der Waals surface area contributed by atoms with E-state index in [0.29, 0.717) is 38.5 Å². The molecule has 1 saturated heterocycles. The fourth-order valence-corrected chi connectivity index (χ4v) is 5.51. The van der Waals surface area contributed by atoms with Gasteiger partial charge in [-0.25, -0.2) is 5.43 Å². The lowest BCUT2D eigenvalue weighted by atomic mass is 10.2. The van der Waals surface area contributed by atoms with E-state index in [-0.39, 0.29) is 17.4 Å². The summed E-state index contributed by atoms with van der Waals surface area (Å²) in [4.78, 5) is 26.1. The van der Waals surface area contributed by atoms with Crippen molar-refractivity contribution < 1.29 is 22.8 Å². The maximum atomic E-state index is 13.1. The van der Waals surface area contributed by atoms with Crippen molar-refractivity contribution in [3.8, 4) is 11.5 Å². The van der Waals surface area contributed by atoms with Crippen molar-refractivity contribution in [1.82, 2.24) is 15.0 Å². The van der Waals surface area contributed by atoms with Gasteiger partial charge < -0.3 is 15.0 Å². The number of nitrogens with zero attached hydrogens (tertiary/aromatic N) is 6. The van der Waals surface area contributed by atoms with Gasteiger partial charge in [0.05, 0.1) is 25.6 Å². The Hall–Kier alpha value is -4.31. The number of aromatic nitrogens is 3. The highest BCUT2D eigenvalue weighted by atomic mass is 79.9. The predicted molar refractivity (Wildman–Crippen MR) is 162 cm³/mol. The second-order valence-electron chi connectivity index (χ2n) is 9.19. The molecular formula is C27H21Br2F3N8O3. The Bertz CT molecular complexity index is 1650. The van der Waals surface area contributed by atoms with E-state index in [1.54, 1.807) is 12.1 Å². The summed E-state index contributed by atoms with van der Waals surface area (Å²) in [5.41, 5.74) is 2.24. The van der Waals surface area contributed by atoms with Gasteiger partial charge in [0, 0.05) is 24.8 Å². The topological polar surface area (TPSA) is 131 Å². The van der Waals surface area contributed by atoms with Gasteiger partial charge in [-0.05, 0) is 86.7 Å². The molecule has 0 saturated carbocycles. The van der Waals surface area contributed by atoms with Gasteiger partial charge in [-0.1, -0.05) is 18.2 Å². The maximum Gasteiger partial charge on any atom is 0.416 e. The molecule has 222 valence electrons. The van der Waals surface area contributed by atoms with Crippen molar-refractivity contribution in [3.05, 3.63) is 90.9 Å². The van der Waals surface area contributed by atoms with Gasteiger partial charge in [-0.2, -0.15) is 33.2 Å². The quantitative estimate of drug-likeness (QED) is 0.101. The molecule has 2 N–H and O–H groups in total. The lowest BCUT2D eigenvalue weighted by molar-refractivity contribution is -0.385. The van der Waals surface area contributed by atoms with Crippen LogP contribution in [-0.4, -0.2) is 39.2 Å².